The molecule has 0 aromatic heterocycles. The lowest BCUT2D eigenvalue weighted by molar-refractivity contribution is 0.115. The third kappa shape index (κ3) is 9.73. The van der Waals surface area contributed by atoms with Gasteiger partial charge in [0.2, 0.25) is 0 Å². The summed E-state index contributed by atoms with van der Waals surface area (Å²) in [4.78, 5) is 2.58. The Bertz CT molecular complexity index is 205. The highest BCUT2D eigenvalue weighted by Crippen LogP contribution is 2.09. The molecule has 1 unspecified atom stereocenters. The molecule has 0 bridgehead atoms. The topological polar surface area (TPSA) is 24.5 Å². The van der Waals surface area contributed by atoms with Crippen molar-refractivity contribution in [1.29, 1.82) is 0 Å². The summed E-state index contributed by atoms with van der Waals surface area (Å²) in [5, 5.41) is 3.67. The molecule has 122 valence electrons. The first-order valence-electron chi connectivity index (χ1n) is 8.51. The molecule has 0 aliphatic rings. The molecular weight excluding hydrogens is 248 g/mol. The molecule has 20 heavy (non-hydrogen) atoms. The molecule has 3 heteroatoms. The SMILES string of the molecule is CCC(CC)N(CCNC(C)CCC(C)C)CCOC. The molecule has 1 atom stereocenters. The van der Waals surface area contributed by atoms with Crippen molar-refractivity contribution < 1.29 is 4.74 Å². The van der Waals surface area contributed by atoms with E-state index in [1.54, 1.807) is 7.11 Å². The molecule has 0 radical (unpaired) electrons. The molecule has 0 fully saturated rings. The van der Waals surface area contributed by atoms with Crippen molar-refractivity contribution in [3.05, 3.63) is 0 Å². The third-order valence-electron chi connectivity index (χ3n) is 4.11. The Hall–Kier alpha value is -0.120. The predicted molar refractivity (Wildman–Crippen MR) is 89.4 cm³/mol. The van der Waals surface area contributed by atoms with Gasteiger partial charge in [0.1, 0.15) is 0 Å². The highest BCUT2D eigenvalue weighted by Gasteiger charge is 2.14. The van der Waals surface area contributed by atoms with E-state index in [0.29, 0.717) is 12.1 Å². The molecule has 3 nitrogen and oxygen atoms in total. The van der Waals surface area contributed by atoms with Gasteiger partial charge in [-0.2, -0.15) is 0 Å². The zero-order valence-electron chi connectivity index (χ0n) is 14.7. The molecule has 0 aromatic rings. The number of ether oxygens (including phenoxy) is 1. The van der Waals surface area contributed by atoms with Crippen molar-refractivity contribution in [2.75, 3.05) is 33.4 Å². The lowest BCUT2D eigenvalue weighted by Gasteiger charge is -2.30. The van der Waals surface area contributed by atoms with E-state index < -0.39 is 0 Å². The zero-order chi connectivity index (χ0) is 15.4. The zero-order valence-corrected chi connectivity index (χ0v) is 14.7. The van der Waals surface area contributed by atoms with Gasteiger partial charge < -0.3 is 10.1 Å². The summed E-state index contributed by atoms with van der Waals surface area (Å²) < 4.78 is 5.24. The van der Waals surface area contributed by atoms with E-state index in [4.69, 9.17) is 4.74 Å². The van der Waals surface area contributed by atoms with Crippen LogP contribution in [0, 0.1) is 5.92 Å². The first kappa shape index (κ1) is 19.9. The quantitative estimate of drug-likeness (QED) is 0.560. The Morgan fingerprint density at radius 1 is 1.00 bits per heavy atom. The van der Waals surface area contributed by atoms with Crippen LogP contribution in [-0.4, -0.2) is 50.3 Å². The summed E-state index contributed by atoms with van der Waals surface area (Å²) in [5.41, 5.74) is 0. The van der Waals surface area contributed by atoms with E-state index in [-0.39, 0.29) is 0 Å². The van der Waals surface area contributed by atoms with Gasteiger partial charge in [-0.3, -0.25) is 4.90 Å². The van der Waals surface area contributed by atoms with Crippen LogP contribution in [0.3, 0.4) is 0 Å². The monoisotopic (exact) mass is 286 g/mol. The molecule has 0 aromatic carbocycles. The van der Waals surface area contributed by atoms with E-state index in [2.05, 4.69) is 44.8 Å². The van der Waals surface area contributed by atoms with Crippen LogP contribution in [0.4, 0.5) is 0 Å². The van der Waals surface area contributed by atoms with Crippen LogP contribution in [0.5, 0.6) is 0 Å². The van der Waals surface area contributed by atoms with E-state index in [9.17, 15) is 0 Å². The number of methoxy groups -OCH3 is 1. The minimum absolute atomic E-state index is 0.628. The van der Waals surface area contributed by atoms with Gasteiger partial charge in [-0.15, -0.1) is 0 Å². The van der Waals surface area contributed by atoms with Gasteiger partial charge in [-0.1, -0.05) is 27.7 Å². The fraction of sp³-hybridized carbons (Fsp3) is 1.00. The molecule has 0 spiro atoms. The summed E-state index contributed by atoms with van der Waals surface area (Å²) in [6, 6.07) is 1.32. The Labute approximate surface area is 127 Å². The van der Waals surface area contributed by atoms with Crippen molar-refractivity contribution in [3.63, 3.8) is 0 Å². The fourth-order valence-electron chi connectivity index (χ4n) is 2.63. The first-order valence-corrected chi connectivity index (χ1v) is 8.51. The maximum atomic E-state index is 5.24. The molecule has 0 heterocycles. The Kier molecular flexibility index (Phi) is 12.5. The molecule has 0 amide bonds. The Balaban J connectivity index is 3.99. The average molecular weight is 287 g/mol. The molecule has 0 saturated heterocycles. The lowest BCUT2D eigenvalue weighted by Crippen LogP contribution is -2.42. The fourth-order valence-corrected chi connectivity index (χ4v) is 2.63. The maximum Gasteiger partial charge on any atom is 0.0589 e. The Morgan fingerprint density at radius 3 is 2.15 bits per heavy atom. The van der Waals surface area contributed by atoms with Crippen molar-refractivity contribution >= 4 is 0 Å². The average Bonchev–Trinajstić information content (AvgIpc) is 2.43. The van der Waals surface area contributed by atoms with Crippen LogP contribution in [0.2, 0.25) is 0 Å². The van der Waals surface area contributed by atoms with E-state index in [1.807, 2.05) is 0 Å². The number of hydrogen-bond donors (Lipinski definition) is 1. The van der Waals surface area contributed by atoms with Gasteiger partial charge >= 0.3 is 0 Å². The van der Waals surface area contributed by atoms with Gasteiger partial charge in [-0.25, -0.2) is 0 Å². The number of nitrogens with one attached hydrogen (secondary N) is 1. The van der Waals surface area contributed by atoms with Crippen LogP contribution < -0.4 is 5.32 Å². The maximum absolute atomic E-state index is 5.24. The van der Waals surface area contributed by atoms with Gasteiger partial charge in [0.05, 0.1) is 6.61 Å². The summed E-state index contributed by atoms with van der Waals surface area (Å²) in [7, 11) is 1.79. The van der Waals surface area contributed by atoms with Gasteiger partial charge in [-0.05, 0) is 38.5 Å². The summed E-state index contributed by atoms with van der Waals surface area (Å²) >= 11 is 0. The first-order chi connectivity index (χ1) is 9.54. The predicted octanol–water partition coefficient (Wildman–Crippen LogP) is 3.54. The highest BCUT2D eigenvalue weighted by molar-refractivity contribution is 4.71. The molecule has 0 saturated carbocycles. The second-order valence-corrected chi connectivity index (χ2v) is 6.33. The molecule has 1 N–H and O–H groups in total. The third-order valence-corrected chi connectivity index (χ3v) is 4.11. The summed E-state index contributed by atoms with van der Waals surface area (Å²) in [5.74, 6) is 0.807. The summed E-state index contributed by atoms with van der Waals surface area (Å²) in [6.07, 6.45) is 5.04. The second kappa shape index (κ2) is 12.6. The molecule has 0 rings (SSSR count). The Morgan fingerprint density at radius 2 is 1.65 bits per heavy atom. The molecule has 0 aliphatic carbocycles. The van der Waals surface area contributed by atoms with Gasteiger partial charge in [0.25, 0.3) is 0 Å². The molecular formula is C17H38N2O. The molecule has 0 aliphatic heterocycles. The van der Waals surface area contributed by atoms with Crippen molar-refractivity contribution in [2.24, 2.45) is 5.92 Å². The van der Waals surface area contributed by atoms with Crippen LogP contribution >= 0.6 is 0 Å². The van der Waals surface area contributed by atoms with Crippen molar-refractivity contribution in [2.45, 2.75) is 72.4 Å². The van der Waals surface area contributed by atoms with E-state index in [0.717, 1.165) is 32.2 Å². The van der Waals surface area contributed by atoms with Crippen LogP contribution in [0.1, 0.15) is 60.3 Å². The number of rotatable bonds is 13. The normalized spacial score (nSPS) is 13.7. The highest BCUT2D eigenvalue weighted by atomic mass is 16.5. The summed E-state index contributed by atoms with van der Waals surface area (Å²) in [6.45, 7) is 15.6. The second-order valence-electron chi connectivity index (χ2n) is 6.33. The minimum atomic E-state index is 0.628. The van der Waals surface area contributed by atoms with E-state index >= 15 is 0 Å². The van der Waals surface area contributed by atoms with Gasteiger partial charge in [0, 0.05) is 38.8 Å². The number of nitrogens with zero attached hydrogens (tertiary/aromatic N) is 1. The van der Waals surface area contributed by atoms with Crippen molar-refractivity contribution in [3.8, 4) is 0 Å². The van der Waals surface area contributed by atoms with Crippen LogP contribution in [0.25, 0.3) is 0 Å². The van der Waals surface area contributed by atoms with Crippen LogP contribution in [0.15, 0.2) is 0 Å². The van der Waals surface area contributed by atoms with Gasteiger partial charge in [0.15, 0.2) is 0 Å². The minimum Gasteiger partial charge on any atom is -0.383 e. The lowest BCUT2D eigenvalue weighted by atomic mass is 10.0. The van der Waals surface area contributed by atoms with E-state index in [1.165, 1.54) is 25.7 Å². The smallest absolute Gasteiger partial charge is 0.0589 e. The van der Waals surface area contributed by atoms with Crippen molar-refractivity contribution in [1.82, 2.24) is 10.2 Å². The standard InChI is InChI=1S/C17H38N2O/c1-7-17(8-2)19(13-14-20-6)12-11-18-16(5)10-9-15(3)4/h15-18H,7-14H2,1-6H3. The van der Waals surface area contributed by atoms with Crippen LogP contribution in [-0.2, 0) is 4.74 Å². The number of hydrogen-bond acceptors (Lipinski definition) is 3. The largest absolute Gasteiger partial charge is 0.383 e.